The molecular formula is C18H28N2O. The summed E-state index contributed by atoms with van der Waals surface area (Å²) in [6, 6.07) is 10.6. The van der Waals surface area contributed by atoms with Gasteiger partial charge in [-0.3, -0.25) is 4.79 Å². The first-order chi connectivity index (χ1) is 10.3. The van der Waals surface area contributed by atoms with Gasteiger partial charge in [0.2, 0.25) is 5.91 Å². The molecule has 0 saturated carbocycles. The van der Waals surface area contributed by atoms with E-state index in [4.69, 9.17) is 0 Å². The maximum atomic E-state index is 12.2. The van der Waals surface area contributed by atoms with Gasteiger partial charge in [0.25, 0.3) is 0 Å². The second-order valence-electron chi connectivity index (χ2n) is 6.16. The summed E-state index contributed by atoms with van der Waals surface area (Å²) in [5, 5.41) is 3.35. The molecule has 1 aliphatic rings. The highest BCUT2D eigenvalue weighted by atomic mass is 16.2. The molecule has 1 aromatic carbocycles. The van der Waals surface area contributed by atoms with E-state index in [0.29, 0.717) is 11.8 Å². The topological polar surface area (TPSA) is 32.3 Å². The third kappa shape index (κ3) is 5.88. The Bertz CT molecular complexity index is 412. The van der Waals surface area contributed by atoms with Crippen molar-refractivity contribution >= 4 is 5.91 Å². The minimum atomic E-state index is 0.321. The van der Waals surface area contributed by atoms with Gasteiger partial charge in [0.1, 0.15) is 0 Å². The Kier molecular flexibility index (Phi) is 6.74. The van der Waals surface area contributed by atoms with Crippen LogP contribution < -0.4 is 5.32 Å². The lowest BCUT2D eigenvalue weighted by atomic mass is 9.94. The Hall–Kier alpha value is -1.35. The zero-order chi connectivity index (χ0) is 14.9. The maximum Gasteiger partial charge on any atom is 0.222 e. The molecule has 0 spiro atoms. The third-order valence-corrected chi connectivity index (χ3v) is 4.40. The number of nitrogens with one attached hydrogen (secondary N) is 1. The van der Waals surface area contributed by atoms with Gasteiger partial charge in [0.15, 0.2) is 0 Å². The van der Waals surface area contributed by atoms with Crippen LogP contribution in [0.5, 0.6) is 0 Å². The molecule has 0 aromatic heterocycles. The number of nitrogens with zero attached hydrogens (tertiary/aromatic N) is 1. The lowest BCUT2D eigenvalue weighted by molar-refractivity contribution is -0.131. The highest BCUT2D eigenvalue weighted by Gasteiger charge is 2.18. The number of amides is 1. The molecule has 0 radical (unpaired) electrons. The number of carbonyl (C=O) groups excluding carboxylic acids is 1. The van der Waals surface area contributed by atoms with Crippen LogP contribution in [0.3, 0.4) is 0 Å². The predicted molar refractivity (Wildman–Crippen MR) is 87.2 cm³/mol. The van der Waals surface area contributed by atoms with Gasteiger partial charge in [-0.05, 0) is 56.7 Å². The summed E-state index contributed by atoms with van der Waals surface area (Å²) in [7, 11) is 1.95. The van der Waals surface area contributed by atoms with Crippen molar-refractivity contribution in [1.29, 1.82) is 0 Å². The van der Waals surface area contributed by atoms with Crippen molar-refractivity contribution in [3.63, 3.8) is 0 Å². The van der Waals surface area contributed by atoms with E-state index < -0.39 is 0 Å². The molecule has 1 heterocycles. The monoisotopic (exact) mass is 288 g/mol. The van der Waals surface area contributed by atoms with E-state index >= 15 is 0 Å². The van der Waals surface area contributed by atoms with Gasteiger partial charge in [-0.1, -0.05) is 30.3 Å². The van der Waals surface area contributed by atoms with Crippen molar-refractivity contribution in [3.8, 4) is 0 Å². The summed E-state index contributed by atoms with van der Waals surface area (Å²) >= 11 is 0. The van der Waals surface area contributed by atoms with E-state index in [1.807, 2.05) is 11.9 Å². The Morgan fingerprint density at radius 3 is 2.62 bits per heavy atom. The molecular weight excluding hydrogens is 260 g/mol. The number of piperidine rings is 1. The summed E-state index contributed by atoms with van der Waals surface area (Å²) in [5.41, 5.74) is 1.39. The van der Waals surface area contributed by atoms with Crippen LogP contribution in [-0.2, 0) is 11.2 Å². The smallest absolute Gasteiger partial charge is 0.222 e. The van der Waals surface area contributed by atoms with Crippen molar-refractivity contribution in [2.45, 2.75) is 38.5 Å². The lowest BCUT2D eigenvalue weighted by Crippen LogP contribution is -2.33. The predicted octanol–water partition coefficient (Wildman–Crippen LogP) is 2.86. The van der Waals surface area contributed by atoms with Crippen LogP contribution in [-0.4, -0.2) is 37.5 Å². The Labute approximate surface area is 128 Å². The summed E-state index contributed by atoms with van der Waals surface area (Å²) < 4.78 is 0. The minimum Gasteiger partial charge on any atom is -0.346 e. The fraction of sp³-hybridized carbons (Fsp3) is 0.611. The molecule has 1 amide bonds. The van der Waals surface area contributed by atoms with Crippen LogP contribution in [0.2, 0.25) is 0 Å². The highest BCUT2D eigenvalue weighted by molar-refractivity contribution is 5.76. The number of unbranched alkanes of at least 4 members (excludes halogenated alkanes) is 1. The standard InChI is InChI=1S/C18H28N2O/c1-20(18(21)15-17-10-12-19-13-11-17)14-6-5-9-16-7-3-2-4-8-16/h2-4,7-8,17,19H,5-6,9-15H2,1H3. The van der Waals surface area contributed by atoms with Crippen LogP contribution in [0.15, 0.2) is 30.3 Å². The lowest BCUT2D eigenvalue weighted by Gasteiger charge is -2.25. The van der Waals surface area contributed by atoms with Crippen LogP contribution in [0.1, 0.15) is 37.7 Å². The zero-order valence-electron chi connectivity index (χ0n) is 13.2. The van der Waals surface area contributed by atoms with Crippen LogP contribution in [0, 0.1) is 5.92 Å². The van der Waals surface area contributed by atoms with E-state index in [1.165, 1.54) is 5.56 Å². The first-order valence-corrected chi connectivity index (χ1v) is 8.24. The van der Waals surface area contributed by atoms with Crippen LogP contribution >= 0.6 is 0 Å². The highest BCUT2D eigenvalue weighted by Crippen LogP contribution is 2.17. The second kappa shape index (κ2) is 8.83. The Balaban J connectivity index is 1.60. The van der Waals surface area contributed by atoms with Crippen molar-refractivity contribution in [2.75, 3.05) is 26.7 Å². The van der Waals surface area contributed by atoms with Crippen LogP contribution in [0.25, 0.3) is 0 Å². The summed E-state index contributed by atoms with van der Waals surface area (Å²) in [6.07, 6.45) is 6.37. The van der Waals surface area contributed by atoms with Crippen molar-refractivity contribution in [1.82, 2.24) is 10.2 Å². The molecule has 1 aromatic rings. The minimum absolute atomic E-state index is 0.321. The normalized spacial score (nSPS) is 15.9. The van der Waals surface area contributed by atoms with E-state index in [-0.39, 0.29) is 0 Å². The quantitative estimate of drug-likeness (QED) is 0.783. The van der Waals surface area contributed by atoms with Gasteiger partial charge in [0, 0.05) is 20.0 Å². The summed E-state index contributed by atoms with van der Waals surface area (Å²) in [5.74, 6) is 0.909. The van der Waals surface area contributed by atoms with E-state index in [9.17, 15) is 4.79 Å². The van der Waals surface area contributed by atoms with E-state index in [2.05, 4.69) is 35.6 Å². The fourth-order valence-corrected chi connectivity index (χ4v) is 2.94. The summed E-state index contributed by atoms with van der Waals surface area (Å²) in [6.45, 7) is 3.02. The molecule has 2 rings (SSSR count). The number of rotatable bonds is 7. The summed E-state index contributed by atoms with van der Waals surface area (Å²) in [4.78, 5) is 14.1. The molecule has 0 atom stereocenters. The molecule has 21 heavy (non-hydrogen) atoms. The molecule has 1 aliphatic heterocycles. The van der Waals surface area contributed by atoms with Crippen molar-refractivity contribution < 1.29 is 4.79 Å². The van der Waals surface area contributed by atoms with Crippen molar-refractivity contribution in [2.24, 2.45) is 5.92 Å². The van der Waals surface area contributed by atoms with Gasteiger partial charge in [-0.15, -0.1) is 0 Å². The number of hydrogen-bond donors (Lipinski definition) is 1. The maximum absolute atomic E-state index is 12.2. The van der Waals surface area contributed by atoms with E-state index in [1.54, 1.807) is 0 Å². The number of benzene rings is 1. The Morgan fingerprint density at radius 1 is 1.19 bits per heavy atom. The zero-order valence-corrected chi connectivity index (χ0v) is 13.2. The van der Waals surface area contributed by atoms with E-state index in [0.717, 1.165) is 58.2 Å². The average Bonchev–Trinajstić information content (AvgIpc) is 2.53. The third-order valence-electron chi connectivity index (χ3n) is 4.40. The largest absolute Gasteiger partial charge is 0.346 e. The van der Waals surface area contributed by atoms with Gasteiger partial charge >= 0.3 is 0 Å². The molecule has 116 valence electrons. The van der Waals surface area contributed by atoms with Gasteiger partial charge in [-0.25, -0.2) is 0 Å². The first-order valence-electron chi connectivity index (χ1n) is 8.24. The SMILES string of the molecule is CN(CCCCc1ccccc1)C(=O)CC1CCNCC1. The molecule has 0 unspecified atom stereocenters. The van der Waals surface area contributed by atoms with Gasteiger partial charge in [0.05, 0.1) is 0 Å². The molecule has 1 saturated heterocycles. The number of carbonyl (C=O) groups is 1. The average molecular weight is 288 g/mol. The molecule has 3 nitrogen and oxygen atoms in total. The first kappa shape index (κ1) is 16.0. The van der Waals surface area contributed by atoms with Gasteiger partial charge < -0.3 is 10.2 Å². The molecule has 0 bridgehead atoms. The second-order valence-corrected chi connectivity index (χ2v) is 6.16. The fourth-order valence-electron chi connectivity index (χ4n) is 2.94. The number of aryl methyl sites for hydroxylation is 1. The van der Waals surface area contributed by atoms with Crippen molar-refractivity contribution in [3.05, 3.63) is 35.9 Å². The molecule has 1 N–H and O–H groups in total. The Morgan fingerprint density at radius 2 is 1.90 bits per heavy atom. The van der Waals surface area contributed by atoms with Crippen LogP contribution in [0.4, 0.5) is 0 Å². The van der Waals surface area contributed by atoms with Gasteiger partial charge in [-0.2, -0.15) is 0 Å². The molecule has 0 aliphatic carbocycles. The molecule has 3 heteroatoms. The number of hydrogen-bond acceptors (Lipinski definition) is 2. The molecule has 1 fully saturated rings.